The lowest BCUT2D eigenvalue weighted by Crippen LogP contribution is -2.53. The smallest absolute Gasteiger partial charge is 0.471 e. The molecule has 0 fully saturated rings. The average Bonchev–Trinajstić information content (AvgIpc) is 2.28. The molecule has 98 valence electrons. The molecule has 0 radical (unpaired) electrons. The van der Waals surface area contributed by atoms with Crippen molar-refractivity contribution in [1.82, 2.24) is 5.32 Å². The Labute approximate surface area is 100 Å². The van der Waals surface area contributed by atoms with E-state index in [9.17, 15) is 22.8 Å². The topological polar surface area (TPSA) is 66.4 Å². The molecule has 18 heavy (non-hydrogen) atoms. The fraction of sp³-hybridized carbons (Fsp3) is 0.273. The minimum absolute atomic E-state index is 0.0510. The van der Waals surface area contributed by atoms with Gasteiger partial charge in [-0.25, -0.2) is 4.79 Å². The molecule has 1 amide bonds. The van der Waals surface area contributed by atoms with Crippen molar-refractivity contribution >= 4 is 11.9 Å². The number of carbonyl (C=O) groups is 2. The molecular weight excluding hydrogens is 251 g/mol. The van der Waals surface area contributed by atoms with Gasteiger partial charge in [-0.3, -0.25) is 4.79 Å². The second-order valence-corrected chi connectivity index (χ2v) is 3.75. The van der Waals surface area contributed by atoms with Crippen molar-refractivity contribution < 1.29 is 27.9 Å². The second-order valence-electron chi connectivity index (χ2n) is 3.75. The van der Waals surface area contributed by atoms with Crippen molar-refractivity contribution in [3.8, 4) is 0 Å². The number of hydrogen-bond donors (Lipinski definition) is 2. The van der Waals surface area contributed by atoms with Crippen molar-refractivity contribution in [2.45, 2.75) is 18.6 Å². The van der Waals surface area contributed by atoms with Crippen LogP contribution in [-0.4, -0.2) is 23.2 Å². The zero-order chi connectivity index (χ0) is 14.0. The van der Waals surface area contributed by atoms with E-state index in [0.29, 0.717) is 0 Å². The minimum atomic E-state index is -5.13. The van der Waals surface area contributed by atoms with E-state index >= 15 is 0 Å². The molecule has 0 aliphatic heterocycles. The molecular formula is C11H10F3NO3. The maximum Gasteiger partial charge on any atom is 0.471 e. The lowest BCUT2D eigenvalue weighted by atomic mass is 9.92. The molecule has 1 aromatic rings. The highest BCUT2D eigenvalue weighted by Gasteiger charge is 2.46. The number of rotatable bonds is 3. The van der Waals surface area contributed by atoms with Crippen LogP contribution in [0.2, 0.25) is 0 Å². The molecule has 7 heteroatoms. The van der Waals surface area contributed by atoms with E-state index < -0.39 is 23.6 Å². The highest BCUT2D eigenvalue weighted by Crippen LogP contribution is 2.24. The van der Waals surface area contributed by atoms with Crippen LogP contribution in [0.25, 0.3) is 0 Å². The third-order valence-corrected chi connectivity index (χ3v) is 2.40. The predicted molar refractivity (Wildman–Crippen MR) is 55.6 cm³/mol. The maximum absolute atomic E-state index is 12.2. The Bertz CT molecular complexity index is 458. The molecule has 0 saturated carbocycles. The van der Waals surface area contributed by atoms with Gasteiger partial charge in [0.1, 0.15) is 0 Å². The van der Waals surface area contributed by atoms with Gasteiger partial charge in [-0.05, 0) is 12.5 Å². The molecule has 2 N–H and O–H groups in total. The summed E-state index contributed by atoms with van der Waals surface area (Å²) in [4.78, 5) is 22.0. The van der Waals surface area contributed by atoms with E-state index in [1.807, 2.05) is 0 Å². The Morgan fingerprint density at radius 2 is 1.67 bits per heavy atom. The molecule has 4 nitrogen and oxygen atoms in total. The van der Waals surface area contributed by atoms with Gasteiger partial charge in [-0.15, -0.1) is 0 Å². The minimum Gasteiger partial charge on any atom is -0.479 e. The van der Waals surface area contributed by atoms with Crippen LogP contribution in [0.4, 0.5) is 13.2 Å². The standard InChI is InChI=1S/C11H10F3NO3/c1-10(9(17)18,7-5-3-2-4-6-7)15-8(16)11(12,13)14/h2-6H,1H3,(H,15,16)(H,17,18). The molecule has 1 rings (SSSR count). The van der Waals surface area contributed by atoms with Crippen LogP contribution in [-0.2, 0) is 15.1 Å². The number of benzene rings is 1. The Balaban J connectivity index is 3.11. The first-order valence-electron chi connectivity index (χ1n) is 4.86. The molecule has 1 atom stereocenters. The van der Waals surface area contributed by atoms with E-state index in [-0.39, 0.29) is 5.56 Å². The van der Waals surface area contributed by atoms with Crippen molar-refractivity contribution in [1.29, 1.82) is 0 Å². The fourth-order valence-corrected chi connectivity index (χ4v) is 1.32. The van der Waals surface area contributed by atoms with E-state index in [1.165, 1.54) is 29.6 Å². The number of amides is 1. The van der Waals surface area contributed by atoms with E-state index in [0.717, 1.165) is 6.92 Å². The summed E-state index contributed by atoms with van der Waals surface area (Å²) in [5.41, 5.74) is -2.08. The summed E-state index contributed by atoms with van der Waals surface area (Å²) in [5.74, 6) is -3.87. The number of nitrogens with one attached hydrogen (secondary N) is 1. The molecule has 0 bridgehead atoms. The van der Waals surface area contributed by atoms with Crippen molar-refractivity contribution in [3.63, 3.8) is 0 Å². The zero-order valence-corrected chi connectivity index (χ0v) is 9.28. The summed E-state index contributed by atoms with van der Waals surface area (Å²) < 4.78 is 36.5. The first kappa shape index (κ1) is 14.0. The van der Waals surface area contributed by atoms with Crippen molar-refractivity contribution in [3.05, 3.63) is 35.9 Å². The Hall–Kier alpha value is -2.05. The highest BCUT2D eigenvalue weighted by molar-refractivity contribution is 5.90. The van der Waals surface area contributed by atoms with Crippen LogP contribution in [0, 0.1) is 0 Å². The molecule has 1 unspecified atom stereocenters. The van der Waals surface area contributed by atoms with Crippen LogP contribution in [0.3, 0.4) is 0 Å². The largest absolute Gasteiger partial charge is 0.479 e. The van der Waals surface area contributed by atoms with Gasteiger partial charge in [0.2, 0.25) is 0 Å². The van der Waals surface area contributed by atoms with E-state index in [2.05, 4.69) is 0 Å². The first-order valence-corrected chi connectivity index (χ1v) is 4.86. The van der Waals surface area contributed by atoms with Gasteiger partial charge < -0.3 is 10.4 Å². The molecule has 0 aliphatic carbocycles. The number of alkyl halides is 3. The predicted octanol–water partition coefficient (Wildman–Crippen LogP) is 1.66. The quantitative estimate of drug-likeness (QED) is 0.869. The second kappa shape index (κ2) is 4.67. The number of carbonyl (C=O) groups excluding carboxylic acids is 1. The monoisotopic (exact) mass is 261 g/mol. The van der Waals surface area contributed by atoms with Crippen LogP contribution in [0.1, 0.15) is 12.5 Å². The molecule has 0 heterocycles. The normalized spacial score (nSPS) is 14.7. The molecule has 0 saturated heterocycles. The van der Waals surface area contributed by atoms with Crippen LogP contribution in [0.15, 0.2) is 30.3 Å². The van der Waals surface area contributed by atoms with Gasteiger partial charge in [-0.1, -0.05) is 30.3 Å². The molecule has 1 aromatic carbocycles. The Kier molecular flexibility index (Phi) is 3.64. The summed E-state index contributed by atoms with van der Waals surface area (Å²) >= 11 is 0. The first-order chi connectivity index (χ1) is 8.18. The fourth-order valence-electron chi connectivity index (χ4n) is 1.32. The summed E-state index contributed by atoms with van der Waals surface area (Å²) in [6, 6.07) is 7.17. The summed E-state index contributed by atoms with van der Waals surface area (Å²) in [7, 11) is 0. The van der Waals surface area contributed by atoms with Gasteiger partial charge in [0.15, 0.2) is 5.54 Å². The number of hydrogen-bond acceptors (Lipinski definition) is 2. The van der Waals surface area contributed by atoms with E-state index in [4.69, 9.17) is 5.11 Å². The third kappa shape index (κ3) is 2.79. The Morgan fingerprint density at radius 3 is 2.06 bits per heavy atom. The van der Waals surface area contributed by atoms with Crippen molar-refractivity contribution in [2.24, 2.45) is 0 Å². The van der Waals surface area contributed by atoms with Gasteiger partial charge in [0.05, 0.1) is 0 Å². The van der Waals surface area contributed by atoms with Gasteiger partial charge in [0.25, 0.3) is 0 Å². The van der Waals surface area contributed by atoms with E-state index in [1.54, 1.807) is 6.07 Å². The Morgan fingerprint density at radius 1 is 1.17 bits per heavy atom. The third-order valence-electron chi connectivity index (χ3n) is 2.40. The molecule has 0 aliphatic rings. The highest BCUT2D eigenvalue weighted by atomic mass is 19.4. The summed E-state index contributed by atoms with van der Waals surface area (Å²) in [5, 5.41) is 10.5. The number of carboxylic acid groups (broad SMARTS) is 1. The molecule has 0 aromatic heterocycles. The van der Waals surface area contributed by atoms with Gasteiger partial charge in [0, 0.05) is 0 Å². The zero-order valence-electron chi connectivity index (χ0n) is 9.28. The summed E-state index contributed by atoms with van der Waals surface area (Å²) in [6.45, 7) is 0.994. The number of aliphatic carboxylic acids is 1. The molecule has 0 spiro atoms. The van der Waals surface area contributed by atoms with Crippen LogP contribution in [0.5, 0.6) is 0 Å². The van der Waals surface area contributed by atoms with Crippen LogP contribution < -0.4 is 5.32 Å². The van der Waals surface area contributed by atoms with Gasteiger partial charge >= 0.3 is 18.1 Å². The SMILES string of the molecule is CC(NC(=O)C(F)(F)F)(C(=O)O)c1ccccc1. The lowest BCUT2D eigenvalue weighted by Gasteiger charge is -2.27. The van der Waals surface area contributed by atoms with Crippen LogP contribution >= 0.6 is 0 Å². The summed E-state index contributed by atoms with van der Waals surface area (Å²) in [6.07, 6.45) is -5.13. The average molecular weight is 261 g/mol. The number of halogens is 3. The van der Waals surface area contributed by atoms with Crippen molar-refractivity contribution in [2.75, 3.05) is 0 Å². The maximum atomic E-state index is 12.2. The number of carboxylic acids is 1. The van der Waals surface area contributed by atoms with Gasteiger partial charge in [-0.2, -0.15) is 13.2 Å². The lowest BCUT2D eigenvalue weighted by molar-refractivity contribution is -0.177.